The Hall–Kier alpha value is -2.30. The molecule has 0 aliphatic heterocycles. The van der Waals surface area contributed by atoms with E-state index in [0.717, 1.165) is 5.69 Å². The first-order valence-electron chi connectivity index (χ1n) is 4.68. The molecule has 0 N–H and O–H groups in total. The van der Waals surface area contributed by atoms with Crippen LogP contribution in [0.1, 0.15) is 0 Å². The van der Waals surface area contributed by atoms with Gasteiger partial charge in [-0.05, 0) is 18.2 Å². The number of ether oxygens (including phenoxy) is 1. The maximum absolute atomic E-state index is 10.6. The summed E-state index contributed by atoms with van der Waals surface area (Å²) in [4.78, 5) is 10.2. The number of hydrogen-bond acceptors (Lipinski definition) is 3. The van der Waals surface area contributed by atoms with Gasteiger partial charge in [-0.2, -0.15) is 0 Å². The van der Waals surface area contributed by atoms with Crippen LogP contribution in [0, 0.1) is 10.1 Å². The third-order valence-corrected chi connectivity index (χ3v) is 2.26. The van der Waals surface area contributed by atoms with Crippen LogP contribution in [-0.4, -0.2) is 16.6 Å². The van der Waals surface area contributed by atoms with Gasteiger partial charge in [-0.15, -0.1) is 0 Å². The Labute approximate surface area is 92.0 Å². The third-order valence-electron chi connectivity index (χ3n) is 2.26. The van der Waals surface area contributed by atoms with Crippen molar-refractivity contribution in [3.8, 4) is 11.4 Å². The first-order chi connectivity index (χ1) is 7.72. The van der Waals surface area contributed by atoms with Crippen LogP contribution in [0.3, 0.4) is 0 Å². The van der Waals surface area contributed by atoms with Gasteiger partial charge in [0.05, 0.1) is 23.8 Å². The largest absolute Gasteiger partial charge is 0.494 e. The summed E-state index contributed by atoms with van der Waals surface area (Å²) in [5.41, 5.74) is 0.797. The molecule has 0 aliphatic carbocycles. The predicted octanol–water partition coefficient (Wildman–Crippen LogP) is 2.39. The molecule has 0 bridgehead atoms. The highest BCUT2D eigenvalue weighted by Crippen LogP contribution is 2.27. The van der Waals surface area contributed by atoms with Gasteiger partial charge in [0.25, 0.3) is 5.69 Å². The number of nitro benzene ring substituents is 1. The number of rotatable bonds is 3. The molecule has 0 amide bonds. The van der Waals surface area contributed by atoms with E-state index < -0.39 is 4.92 Å². The number of hydrogen-bond donors (Lipinski definition) is 0. The van der Waals surface area contributed by atoms with Crippen molar-refractivity contribution in [1.82, 2.24) is 4.57 Å². The van der Waals surface area contributed by atoms with Crippen molar-refractivity contribution >= 4 is 5.69 Å². The lowest BCUT2D eigenvalue weighted by Crippen LogP contribution is -1.97. The van der Waals surface area contributed by atoms with Gasteiger partial charge in [0.15, 0.2) is 0 Å². The lowest BCUT2D eigenvalue weighted by Gasteiger charge is -2.08. The van der Waals surface area contributed by atoms with Crippen molar-refractivity contribution in [2.75, 3.05) is 7.11 Å². The molecule has 16 heavy (non-hydrogen) atoms. The van der Waals surface area contributed by atoms with Crippen molar-refractivity contribution in [1.29, 1.82) is 0 Å². The van der Waals surface area contributed by atoms with E-state index in [-0.39, 0.29) is 5.69 Å². The minimum Gasteiger partial charge on any atom is -0.494 e. The molecule has 1 aromatic heterocycles. The zero-order valence-electron chi connectivity index (χ0n) is 8.66. The summed E-state index contributed by atoms with van der Waals surface area (Å²) in [6, 6.07) is 8.28. The van der Waals surface area contributed by atoms with E-state index in [1.54, 1.807) is 6.07 Å². The van der Waals surface area contributed by atoms with Crippen molar-refractivity contribution in [3.05, 3.63) is 52.8 Å². The van der Waals surface area contributed by atoms with Crippen LogP contribution in [0.5, 0.6) is 5.75 Å². The van der Waals surface area contributed by atoms with Crippen LogP contribution in [-0.2, 0) is 0 Å². The molecule has 0 unspecified atom stereocenters. The molecule has 0 saturated carbocycles. The van der Waals surface area contributed by atoms with Crippen LogP contribution in [0.25, 0.3) is 5.69 Å². The van der Waals surface area contributed by atoms with Gasteiger partial charge in [-0.3, -0.25) is 10.1 Å². The second kappa shape index (κ2) is 4.06. The quantitative estimate of drug-likeness (QED) is 0.587. The molecule has 0 atom stereocenters. The van der Waals surface area contributed by atoms with E-state index in [1.165, 1.54) is 19.2 Å². The Bertz CT molecular complexity index is 506. The van der Waals surface area contributed by atoms with Gasteiger partial charge in [0.2, 0.25) is 0 Å². The molecule has 0 saturated heterocycles. The first kappa shape index (κ1) is 10.2. The predicted molar refractivity (Wildman–Crippen MR) is 59.0 cm³/mol. The van der Waals surface area contributed by atoms with Crippen molar-refractivity contribution < 1.29 is 9.66 Å². The molecule has 0 aliphatic rings. The maximum Gasteiger partial charge on any atom is 0.273 e. The Morgan fingerprint density at radius 1 is 1.31 bits per heavy atom. The number of nitrogens with zero attached hydrogens (tertiary/aromatic N) is 2. The van der Waals surface area contributed by atoms with E-state index in [0.29, 0.717) is 5.75 Å². The standard InChI is InChI=1S/C11H10N2O3/c1-16-11-8-9(13(14)15)4-5-10(11)12-6-2-3-7-12/h2-8H,1H3. The SMILES string of the molecule is COc1cc([N+](=O)[O-])ccc1-n1cccc1. The van der Waals surface area contributed by atoms with E-state index in [4.69, 9.17) is 4.74 Å². The molecule has 1 aromatic carbocycles. The lowest BCUT2D eigenvalue weighted by atomic mass is 10.2. The number of nitro groups is 1. The first-order valence-corrected chi connectivity index (χ1v) is 4.68. The molecular weight excluding hydrogens is 208 g/mol. The highest BCUT2D eigenvalue weighted by Gasteiger charge is 2.11. The molecular formula is C11H10N2O3. The third kappa shape index (κ3) is 1.75. The summed E-state index contributed by atoms with van der Waals surface area (Å²) < 4.78 is 6.97. The van der Waals surface area contributed by atoms with E-state index in [9.17, 15) is 10.1 Å². The maximum atomic E-state index is 10.6. The van der Waals surface area contributed by atoms with Gasteiger partial charge in [0.1, 0.15) is 5.75 Å². The summed E-state index contributed by atoms with van der Waals surface area (Å²) >= 11 is 0. The normalized spacial score (nSPS) is 10.1. The second-order valence-corrected chi connectivity index (χ2v) is 3.20. The highest BCUT2D eigenvalue weighted by molar-refractivity contribution is 5.53. The Morgan fingerprint density at radius 3 is 2.56 bits per heavy atom. The molecule has 82 valence electrons. The fourth-order valence-corrected chi connectivity index (χ4v) is 1.49. The van der Waals surface area contributed by atoms with Gasteiger partial charge < -0.3 is 9.30 Å². The number of benzene rings is 1. The van der Waals surface area contributed by atoms with Crippen LogP contribution < -0.4 is 4.74 Å². The van der Waals surface area contributed by atoms with Gasteiger partial charge in [-0.25, -0.2) is 0 Å². The summed E-state index contributed by atoms with van der Waals surface area (Å²) in [5, 5.41) is 10.6. The molecule has 2 aromatic rings. The smallest absolute Gasteiger partial charge is 0.273 e. The Morgan fingerprint density at radius 2 is 2.00 bits per heavy atom. The number of aromatic nitrogens is 1. The molecule has 0 fully saturated rings. The van der Waals surface area contributed by atoms with Crippen molar-refractivity contribution in [2.24, 2.45) is 0 Å². The summed E-state index contributed by atoms with van der Waals surface area (Å²) in [5.74, 6) is 0.477. The average molecular weight is 218 g/mol. The van der Waals surface area contributed by atoms with Crippen LogP contribution in [0.4, 0.5) is 5.69 Å². The number of methoxy groups -OCH3 is 1. The number of non-ortho nitro benzene ring substituents is 1. The van der Waals surface area contributed by atoms with Crippen LogP contribution in [0.15, 0.2) is 42.7 Å². The fourth-order valence-electron chi connectivity index (χ4n) is 1.49. The molecule has 1 heterocycles. The summed E-state index contributed by atoms with van der Waals surface area (Å²) in [6.07, 6.45) is 3.70. The van der Waals surface area contributed by atoms with E-state index in [1.807, 2.05) is 29.1 Å². The van der Waals surface area contributed by atoms with Gasteiger partial charge in [-0.1, -0.05) is 0 Å². The topological polar surface area (TPSA) is 57.3 Å². The lowest BCUT2D eigenvalue weighted by molar-refractivity contribution is -0.384. The van der Waals surface area contributed by atoms with Gasteiger partial charge in [0, 0.05) is 18.5 Å². The molecule has 2 rings (SSSR count). The van der Waals surface area contributed by atoms with Crippen LogP contribution in [0.2, 0.25) is 0 Å². The summed E-state index contributed by atoms with van der Waals surface area (Å²) in [6.45, 7) is 0. The zero-order valence-corrected chi connectivity index (χ0v) is 8.66. The van der Waals surface area contributed by atoms with E-state index >= 15 is 0 Å². The highest BCUT2D eigenvalue weighted by atomic mass is 16.6. The fraction of sp³-hybridized carbons (Fsp3) is 0.0909. The zero-order chi connectivity index (χ0) is 11.5. The van der Waals surface area contributed by atoms with Crippen molar-refractivity contribution in [2.45, 2.75) is 0 Å². The van der Waals surface area contributed by atoms with Gasteiger partial charge >= 0.3 is 0 Å². The minimum atomic E-state index is -0.443. The Balaban J connectivity index is 2.51. The monoisotopic (exact) mass is 218 g/mol. The minimum absolute atomic E-state index is 0.0211. The second-order valence-electron chi connectivity index (χ2n) is 3.20. The Kier molecular flexibility index (Phi) is 2.59. The van der Waals surface area contributed by atoms with Crippen molar-refractivity contribution in [3.63, 3.8) is 0 Å². The molecule has 0 radical (unpaired) electrons. The molecule has 5 heteroatoms. The van der Waals surface area contributed by atoms with E-state index in [2.05, 4.69) is 0 Å². The summed E-state index contributed by atoms with van der Waals surface area (Å²) in [7, 11) is 1.49. The van der Waals surface area contributed by atoms with Crippen LogP contribution >= 0.6 is 0 Å². The average Bonchev–Trinajstić information content (AvgIpc) is 2.81. The molecule has 0 spiro atoms. The molecule has 5 nitrogen and oxygen atoms in total.